The predicted molar refractivity (Wildman–Crippen MR) is 271 cm³/mol. The molecule has 24 heteroatoms. The van der Waals surface area contributed by atoms with Gasteiger partial charge in [-0.05, 0) is 102 Å². The summed E-state index contributed by atoms with van der Waals surface area (Å²) in [6.07, 6.45) is -22.6. The quantitative estimate of drug-likeness (QED) is 0.0772. The van der Waals surface area contributed by atoms with Crippen LogP contribution in [0.25, 0.3) is 0 Å². The van der Waals surface area contributed by atoms with E-state index >= 15 is 0 Å². The third-order valence-corrected chi connectivity index (χ3v) is 19.8. The molecule has 9 N–H and O–H groups in total. The molecule has 4 saturated carbocycles. The zero-order valence-electron chi connectivity index (χ0n) is 46.7. The molecule has 28 atom stereocenters. The van der Waals surface area contributed by atoms with E-state index in [-0.39, 0.29) is 37.1 Å². The van der Waals surface area contributed by atoms with Crippen molar-refractivity contribution in [3.63, 3.8) is 0 Å². The minimum absolute atomic E-state index is 0.0561. The molecule has 0 spiro atoms. The number of aliphatic hydroxyl groups is 9. The van der Waals surface area contributed by atoms with Gasteiger partial charge in [-0.15, -0.1) is 0 Å². The van der Waals surface area contributed by atoms with Gasteiger partial charge in [-0.25, -0.2) is 4.79 Å². The minimum Gasteiger partial charge on any atom is -0.458 e. The van der Waals surface area contributed by atoms with Crippen molar-refractivity contribution in [2.24, 2.45) is 28.6 Å². The molecule has 4 aliphatic carbocycles. The zero-order valence-corrected chi connectivity index (χ0v) is 46.7. The monoisotopic (exact) mass is 1140 g/mol. The fourth-order valence-corrected chi connectivity index (χ4v) is 15.4. The van der Waals surface area contributed by atoms with Crippen molar-refractivity contribution in [3.8, 4) is 0 Å². The number of hydrogen-bond acceptors (Lipinski definition) is 24. The van der Waals surface area contributed by atoms with E-state index in [0.29, 0.717) is 44.1 Å². The molecular formula is C56H84O24. The van der Waals surface area contributed by atoms with Crippen LogP contribution in [0.3, 0.4) is 0 Å². The summed E-state index contributed by atoms with van der Waals surface area (Å²) in [7, 11) is 2.86. The lowest BCUT2D eigenvalue weighted by Gasteiger charge is -2.68. The molecule has 4 heterocycles. The van der Waals surface area contributed by atoms with Gasteiger partial charge in [0, 0.05) is 38.9 Å². The van der Waals surface area contributed by atoms with Crippen LogP contribution in [0.1, 0.15) is 110 Å². The Morgan fingerprint density at radius 2 is 1.30 bits per heavy atom. The molecule has 452 valence electrons. The smallest absolute Gasteiger partial charge is 0.338 e. The van der Waals surface area contributed by atoms with Crippen LogP contribution < -0.4 is 0 Å². The van der Waals surface area contributed by atoms with Crippen LogP contribution in [0, 0.1) is 28.6 Å². The fourth-order valence-electron chi connectivity index (χ4n) is 15.4. The lowest BCUT2D eigenvalue weighted by atomic mass is 9.40. The van der Waals surface area contributed by atoms with Crippen molar-refractivity contribution in [1.29, 1.82) is 0 Å². The number of carbonyl (C=O) groups excluding carboxylic acids is 3. The van der Waals surface area contributed by atoms with Crippen LogP contribution >= 0.6 is 0 Å². The summed E-state index contributed by atoms with van der Waals surface area (Å²) in [5, 5.41) is 99.4. The summed E-state index contributed by atoms with van der Waals surface area (Å²) in [5.41, 5.74) is -4.59. The average Bonchev–Trinajstić information content (AvgIpc) is 3.69. The predicted octanol–water partition coefficient (Wildman–Crippen LogP) is -0.0793. The van der Waals surface area contributed by atoms with Gasteiger partial charge in [0.1, 0.15) is 84.6 Å². The van der Waals surface area contributed by atoms with Crippen LogP contribution in [0.2, 0.25) is 0 Å². The van der Waals surface area contributed by atoms with Gasteiger partial charge in [-0.3, -0.25) is 9.59 Å². The van der Waals surface area contributed by atoms with Gasteiger partial charge in [0.2, 0.25) is 0 Å². The Morgan fingerprint density at radius 1 is 0.650 bits per heavy atom. The maximum atomic E-state index is 13.7. The highest BCUT2D eigenvalue weighted by Gasteiger charge is 2.78. The molecule has 24 nitrogen and oxygen atoms in total. The van der Waals surface area contributed by atoms with E-state index in [0.717, 1.165) is 0 Å². The van der Waals surface area contributed by atoms with E-state index in [2.05, 4.69) is 6.92 Å². The lowest BCUT2D eigenvalue weighted by molar-refractivity contribution is -0.375. The molecule has 4 saturated heterocycles. The van der Waals surface area contributed by atoms with Gasteiger partial charge in [-0.2, -0.15) is 0 Å². The first-order valence-corrected chi connectivity index (χ1v) is 28.2. The van der Waals surface area contributed by atoms with E-state index in [1.807, 2.05) is 6.92 Å². The van der Waals surface area contributed by atoms with E-state index in [4.69, 9.17) is 56.8 Å². The molecule has 0 unspecified atom stereocenters. The Labute approximate surface area is 465 Å². The number of benzene rings is 1. The molecule has 8 fully saturated rings. The highest BCUT2D eigenvalue weighted by Crippen LogP contribution is 2.71. The molecule has 8 aliphatic rings. The molecule has 0 aromatic heterocycles. The number of ketones is 1. The van der Waals surface area contributed by atoms with Gasteiger partial charge in [0.05, 0.1) is 48.8 Å². The van der Waals surface area contributed by atoms with Crippen molar-refractivity contribution < 1.29 is 117 Å². The first kappa shape index (κ1) is 61.6. The molecule has 80 heavy (non-hydrogen) atoms. The van der Waals surface area contributed by atoms with Gasteiger partial charge < -0.3 is 103 Å². The van der Waals surface area contributed by atoms with E-state index in [1.165, 1.54) is 28.1 Å². The second kappa shape index (κ2) is 24.2. The number of rotatable bonds is 16. The Kier molecular flexibility index (Phi) is 18.6. The molecule has 0 amide bonds. The molecule has 9 rings (SSSR count). The van der Waals surface area contributed by atoms with Crippen molar-refractivity contribution >= 4 is 17.7 Å². The van der Waals surface area contributed by atoms with Crippen molar-refractivity contribution in [3.05, 3.63) is 35.9 Å². The summed E-state index contributed by atoms with van der Waals surface area (Å²) < 4.78 is 73.4. The SMILES string of the molecule is CO[C@@H]1[C@@H](OC(C)=O)[C@H](O[C@H]2[C@@H](OC)C[C@H](O[C@H]3CC[C@@]4(C)[C@@H](CC[C@]5(O)[C@@H]4C[C@@H](OC(=O)c4ccccc4)[C@]4(C)[C@@H](C(C)=O)CC[C@@]45O)C3)O[C@@H]2C)O[C@H](C)[C@H]1O[C@@H]1O[C@H](CO[C@@H]2O[C@H](CO)[C@@H](O)[C@H](O)[C@H]2O)[C@@H](O)[C@H](O)[C@H]1O. The second-order valence-electron chi connectivity index (χ2n) is 24.1. The first-order chi connectivity index (χ1) is 37.8. The van der Waals surface area contributed by atoms with Gasteiger partial charge in [-0.1, -0.05) is 32.0 Å². The molecule has 1 aromatic carbocycles. The van der Waals surface area contributed by atoms with E-state index in [9.17, 15) is 60.3 Å². The van der Waals surface area contributed by atoms with E-state index in [1.54, 1.807) is 44.2 Å². The third kappa shape index (κ3) is 10.9. The second-order valence-corrected chi connectivity index (χ2v) is 24.1. The van der Waals surface area contributed by atoms with Crippen molar-refractivity contribution in [2.75, 3.05) is 27.4 Å². The standard InChI is InChI=1S/C56H84O24/c1-25(58)32-16-19-56(68)54(32,6)37(78-49(66)29-12-10-9-11-13-29)22-36-53(5)17-15-31(20-30(53)14-18-55(36,56)67)75-38-21-33(69-7)45(26(2)72-38)79-52-48(74-28(4)59)47(70-8)46(27(3)73-52)80-51-44(65)42(63)40(61)35(77-51)24-71-50-43(64)41(62)39(60)34(23-57)76-50/h9-13,26-27,30-48,50-52,57,60-65,67-68H,14-24H2,1-8H3/t26-,27-,30+,31+,32-,33+,34-,35-,36-,37-,38+,39-,40-,41+,42+,43-,44-,45-,46-,47+,48-,50-,51+,52+,53+,54+,55+,56-/m1/s1. The zero-order chi connectivity index (χ0) is 58.0. The molecule has 4 aliphatic heterocycles. The lowest BCUT2D eigenvalue weighted by Crippen LogP contribution is -2.76. The summed E-state index contributed by atoms with van der Waals surface area (Å²) in [6, 6.07) is 8.64. The van der Waals surface area contributed by atoms with Crippen LogP contribution in [-0.4, -0.2) is 231 Å². The third-order valence-electron chi connectivity index (χ3n) is 19.8. The van der Waals surface area contributed by atoms with E-state index < -0.39 is 182 Å². The van der Waals surface area contributed by atoms with Crippen LogP contribution in [0.5, 0.6) is 0 Å². The Balaban J connectivity index is 0.841. The average molecular weight is 1140 g/mol. The number of aliphatic hydroxyl groups excluding tert-OH is 7. The Hall–Kier alpha value is -2.93. The minimum atomic E-state index is -1.86. The van der Waals surface area contributed by atoms with Crippen molar-refractivity contribution in [2.45, 2.75) is 239 Å². The van der Waals surface area contributed by atoms with Crippen molar-refractivity contribution in [1.82, 2.24) is 0 Å². The summed E-state index contributed by atoms with van der Waals surface area (Å²) in [6.45, 7) is 8.76. The highest BCUT2D eigenvalue weighted by molar-refractivity contribution is 5.89. The number of methoxy groups -OCH3 is 2. The first-order valence-electron chi connectivity index (χ1n) is 28.2. The van der Waals surface area contributed by atoms with Gasteiger partial charge in [0.25, 0.3) is 0 Å². The van der Waals surface area contributed by atoms with Gasteiger partial charge >= 0.3 is 11.9 Å². The molecule has 0 bridgehead atoms. The molecular weight excluding hydrogens is 1060 g/mol. The fraction of sp³-hybridized carbons (Fsp3) is 0.839. The number of ether oxygens (including phenoxy) is 12. The summed E-state index contributed by atoms with van der Waals surface area (Å²) >= 11 is 0. The van der Waals surface area contributed by atoms with Crippen LogP contribution in [0.15, 0.2) is 30.3 Å². The van der Waals surface area contributed by atoms with Crippen LogP contribution in [-0.2, 0) is 66.4 Å². The number of hydrogen-bond donors (Lipinski definition) is 9. The number of carbonyl (C=O) groups is 3. The number of esters is 2. The number of fused-ring (bicyclic) bond motifs is 5. The summed E-state index contributed by atoms with van der Waals surface area (Å²) in [5.74, 6) is -2.40. The van der Waals surface area contributed by atoms with Gasteiger partial charge in [0.15, 0.2) is 31.3 Å². The largest absolute Gasteiger partial charge is 0.458 e. The number of Topliss-reactive ketones (excluding diaryl/α,β-unsaturated/α-hetero) is 1. The normalized spacial score (nSPS) is 49.4. The molecule has 0 radical (unpaired) electrons. The Bertz CT molecular complexity index is 2300. The topological polar surface area (TPSA) is 344 Å². The van der Waals surface area contributed by atoms with Crippen LogP contribution in [0.4, 0.5) is 0 Å². The molecule has 1 aromatic rings. The maximum absolute atomic E-state index is 13.7. The Morgan fingerprint density at radius 3 is 1.95 bits per heavy atom. The highest BCUT2D eigenvalue weighted by atomic mass is 16.8. The maximum Gasteiger partial charge on any atom is 0.338 e. The summed E-state index contributed by atoms with van der Waals surface area (Å²) in [4.78, 5) is 39.8.